The minimum absolute atomic E-state index is 0.248. The number of benzene rings is 1. The van der Waals surface area contributed by atoms with Gasteiger partial charge in [-0.3, -0.25) is 4.57 Å². The molecule has 1 atom stereocenters. The zero-order chi connectivity index (χ0) is 16.7. The molecule has 2 heterocycles. The first kappa shape index (κ1) is 13.9. The van der Waals surface area contributed by atoms with Crippen LogP contribution >= 0.6 is 0 Å². The zero-order valence-corrected chi connectivity index (χ0v) is 12.8. The van der Waals surface area contributed by atoms with Gasteiger partial charge in [-0.15, -0.1) is 0 Å². The summed E-state index contributed by atoms with van der Waals surface area (Å²) in [5, 5.41) is 13.6. The Morgan fingerprint density at radius 3 is 2.71 bits per heavy atom. The molecule has 7 heteroatoms. The Hall–Kier alpha value is -2.49. The molecule has 3 aliphatic carbocycles. The van der Waals surface area contributed by atoms with E-state index >= 15 is 0 Å². The van der Waals surface area contributed by atoms with Gasteiger partial charge in [0, 0.05) is 18.1 Å². The number of rotatable bonds is 2. The smallest absolute Gasteiger partial charge is 0.271 e. The van der Waals surface area contributed by atoms with Crippen molar-refractivity contribution in [3.05, 3.63) is 51.7 Å². The maximum absolute atomic E-state index is 14.1. The van der Waals surface area contributed by atoms with Crippen LogP contribution in [0, 0.1) is 28.4 Å². The van der Waals surface area contributed by atoms with Gasteiger partial charge in [0.15, 0.2) is 0 Å². The van der Waals surface area contributed by atoms with E-state index in [4.69, 9.17) is 5.26 Å². The number of aryl methyl sites for hydroxylation is 1. The fraction of sp³-hybridized carbons (Fsp3) is 0.471. The van der Waals surface area contributed by atoms with Gasteiger partial charge in [-0.05, 0) is 31.7 Å². The third-order valence-electron chi connectivity index (χ3n) is 5.84. The molecule has 0 radical (unpaired) electrons. The van der Waals surface area contributed by atoms with Gasteiger partial charge in [-0.25, -0.2) is 18.3 Å². The van der Waals surface area contributed by atoms with Gasteiger partial charge < -0.3 is 0 Å². The molecule has 0 spiro atoms. The lowest BCUT2D eigenvalue weighted by atomic mass is 9.40. The van der Waals surface area contributed by atoms with Gasteiger partial charge >= 0.3 is 5.69 Å². The van der Waals surface area contributed by atoms with Crippen molar-refractivity contribution in [2.24, 2.45) is 5.41 Å². The summed E-state index contributed by atoms with van der Waals surface area (Å²) in [6.45, 7) is 0. The minimum atomic E-state index is -0.638. The number of halogens is 2. The molecule has 2 bridgehead atoms. The first-order valence-electron chi connectivity index (χ1n) is 8.04. The van der Waals surface area contributed by atoms with E-state index in [2.05, 4.69) is 11.2 Å². The van der Waals surface area contributed by atoms with Crippen molar-refractivity contribution in [3.8, 4) is 6.07 Å². The van der Waals surface area contributed by atoms with Gasteiger partial charge in [-0.2, -0.15) is 10.4 Å². The van der Waals surface area contributed by atoms with Crippen molar-refractivity contribution in [2.45, 2.75) is 43.7 Å². The van der Waals surface area contributed by atoms with Crippen molar-refractivity contribution in [1.82, 2.24) is 14.3 Å². The third-order valence-corrected chi connectivity index (χ3v) is 5.84. The average molecular weight is 328 g/mol. The molecule has 4 aliphatic rings. The highest BCUT2D eigenvalue weighted by Gasteiger charge is 2.71. The Bertz CT molecular complexity index is 964. The molecule has 6 rings (SSSR count). The Kier molecular flexibility index (Phi) is 2.39. The first-order chi connectivity index (χ1) is 11.5. The second kappa shape index (κ2) is 4.12. The lowest BCUT2D eigenvalue weighted by Gasteiger charge is -2.65. The highest BCUT2D eigenvalue weighted by molar-refractivity contribution is 5.30. The Labute approximate surface area is 136 Å². The molecule has 122 valence electrons. The highest BCUT2D eigenvalue weighted by Crippen LogP contribution is 2.70. The third kappa shape index (κ3) is 1.51. The summed E-state index contributed by atoms with van der Waals surface area (Å²) in [6.07, 6.45) is 3.17. The topological polar surface area (TPSA) is 63.6 Å². The molecule has 2 aromatic rings. The summed E-state index contributed by atoms with van der Waals surface area (Å²) in [5.74, 6) is -0.626. The molecular weight excluding hydrogens is 314 g/mol. The SMILES string of the molecule is N#CC12CC(n3nc4n(c3=O)[C@H](c3ccc(F)cc3F)CC4)(C1)C2. The fourth-order valence-corrected chi connectivity index (χ4v) is 4.75. The number of fused-ring (bicyclic) bond motifs is 1. The number of hydrogen-bond acceptors (Lipinski definition) is 3. The summed E-state index contributed by atoms with van der Waals surface area (Å²) in [6, 6.07) is 5.34. The van der Waals surface area contributed by atoms with Gasteiger partial charge in [0.2, 0.25) is 0 Å². The number of hydrogen-bond donors (Lipinski definition) is 0. The summed E-state index contributed by atoms with van der Waals surface area (Å²) < 4.78 is 30.3. The Balaban J connectivity index is 1.56. The van der Waals surface area contributed by atoms with Gasteiger partial charge in [-0.1, -0.05) is 6.07 Å². The normalized spacial score (nSPS) is 32.6. The van der Waals surface area contributed by atoms with E-state index < -0.39 is 17.7 Å². The van der Waals surface area contributed by atoms with E-state index in [0.29, 0.717) is 43.5 Å². The fourth-order valence-electron chi connectivity index (χ4n) is 4.75. The van der Waals surface area contributed by atoms with E-state index in [9.17, 15) is 13.6 Å². The minimum Gasteiger partial charge on any atom is -0.271 e. The highest BCUT2D eigenvalue weighted by atomic mass is 19.1. The molecule has 24 heavy (non-hydrogen) atoms. The van der Waals surface area contributed by atoms with Crippen LogP contribution in [-0.4, -0.2) is 14.3 Å². The Morgan fingerprint density at radius 1 is 1.29 bits per heavy atom. The predicted octanol–water partition coefficient (Wildman–Crippen LogP) is 2.26. The molecule has 0 saturated heterocycles. The van der Waals surface area contributed by atoms with Crippen molar-refractivity contribution < 1.29 is 8.78 Å². The standard InChI is InChI=1S/C17H14F2N4O/c18-10-1-2-11(12(19)5-10)13-3-4-14-21-23(15(24)22(13)14)17-6-16(7-17,8-17)9-20/h1-2,5,13H,3-4,6-8H2/t13-,16?,17?/m0/s1. The number of nitrogens with zero attached hydrogens (tertiary/aromatic N) is 4. The second-order valence-corrected chi connectivity index (χ2v) is 7.35. The lowest BCUT2D eigenvalue weighted by molar-refractivity contribution is -0.155. The Morgan fingerprint density at radius 2 is 2.04 bits per heavy atom. The van der Waals surface area contributed by atoms with Crippen LogP contribution < -0.4 is 5.69 Å². The summed E-state index contributed by atoms with van der Waals surface area (Å²) in [4.78, 5) is 12.9. The summed E-state index contributed by atoms with van der Waals surface area (Å²) in [5.41, 5.74) is -0.517. The van der Waals surface area contributed by atoms with Crippen LogP contribution in [0.2, 0.25) is 0 Å². The second-order valence-electron chi connectivity index (χ2n) is 7.35. The van der Waals surface area contributed by atoms with Crippen LogP contribution in [0.1, 0.15) is 43.1 Å². The maximum atomic E-state index is 14.1. The van der Waals surface area contributed by atoms with Crippen molar-refractivity contribution in [1.29, 1.82) is 5.26 Å². The number of aromatic nitrogens is 3. The van der Waals surface area contributed by atoms with E-state index in [-0.39, 0.29) is 16.6 Å². The molecule has 5 nitrogen and oxygen atoms in total. The van der Waals surface area contributed by atoms with Crippen molar-refractivity contribution in [2.75, 3.05) is 0 Å². The van der Waals surface area contributed by atoms with Gasteiger partial charge in [0.05, 0.1) is 23.1 Å². The quantitative estimate of drug-likeness (QED) is 0.849. The van der Waals surface area contributed by atoms with Crippen molar-refractivity contribution in [3.63, 3.8) is 0 Å². The van der Waals surface area contributed by atoms with Crippen LogP contribution in [0.5, 0.6) is 0 Å². The van der Waals surface area contributed by atoms with E-state index in [1.165, 1.54) is 21.4 Å². The molecule has 3 saturated carbocycles. The van der Waals surface area contributed by atoms with E-state index in [1.807, 2.05) is 0 Å². The van der Waals surface area contributed by atoms with E-state index in [1.54, 1.807) is 0 Å². The van der Waals surface area contributed by atoms with Crippen molar-refractivity contribution >= 4 is 0 Å². The van der Waals surface area contributed by atoms with Gasteiger partial charge in [0.25, 0.3) is 0 Å². The average Bonchev–Trinajstić information content (AvgIpc) is 2.99. The lowest BCUT2D eigenvalue weighted by Crippen LogP contribution is -2.69. The maximum Gasteiger partial charge on any atom is 0.347 e. The molecule has 1 aromatic carbocycles. The first-order valence-corrected chi connectivity index (χ1v) is 8.04. The molecule has 0 amide bonds. The molecule has 1 aliphatic heterocycles. The van der Waals surface area contributed by atoms with Crippen LogP contribution in [0.4, 0.5) is 8.78 Å². The molecule has 1 aromatic heterocycles. The predicted molar refractivity (Wildman–Crippen MR) is 79.2 cm³/mol. The van der Waals surface area contributed by atoms with Crippen LogP contribution in [0.15, 0.2) is 23.0 Å². The van der Waals surface area contributed by atoms with Crippen LogP contribution in [0.3, 0.4) is 0 Å². The summed E-state index contributed by atoms with van der Waals surface area (Å²) >= 11 is 0. The van der Waals surface area contributed by atoms with Crippen LogP contribution in [0.25, 0.3) is 0 Å². The number of nitriles is 1. The zero-order valence-electron chi connectivity index (χ0n) is 12.8. The summed E-state index contributed by atoms with van der Waals surface area (Å²) in [7, 11) is 0. The molecule has 0 N–H and O–H groups in total. The molecule has 3 fully saturated rings. The largest absolute Gasteiger partial charge is 0.347 e. The van der Waals surface area contributed by atoms with Crippen LogP contribution in [-0.2, 0) is 12.0 Å². The van der Waals surface area contributed by atoms with E-state index in [0.717, 1.165) is 6.07 Å². The van der Waals surface area contributed by atoms with Gasteiger partial charge in [0.1, 0.15) is 17.5 Å². The monoisotopic (exact) mass is 328 g/mol. The molecular formula is C17H14F2N4O. The molecule has 0 unspecified atom stereocenters.